The van der Waals surface area contributed by atoms with Crippen LogP contribution in [-0.4, -0.2) is 17.0 Å². The van der Waals surface area contributed by atoms with Crippen LogP contribution in [0.2, 0.25) is 0 Å². The van der Waals surface area contributed by atoms with Crippen LogP contribution in [-0.2, 0) is 7.05 Å². The smallest absolute Gasteiger partial charge is 0.408 e. The Labute approximate surface area is 104 Å². The summed E-state index contributed by atoms with van der Waals surface area (Å²) in [4.78, 5) is 23.1. The van der Waals surface area contributed by atoms with E-state index < -0.39 is 5.76 Å². The number of amides is 1. The van der Waals surface area contributed by atoms with E-state index in [1.165, 1.54) is 4.57 Å². The van der Waals surface area contributed by atoms with Gasteiger partial charge in [0.25, 0.3) is 5.91 Å². The first kappa shape index (κ1) is 12.4. The van der Waals surface area contributed by atoms with Gasteiger partial charge in [-0.15, -0.1) is 0 Å². The third kappa shape index (κ3) is 2.30. The van der Waals surface area contributed by atoms with Gasteiger partial charge in [0.2, 0.25) is 0 Å². The maximum atomic E-state index is 11.8. The first-order valence-corrected chi connectivity index (χ1v) is 6.01. The number of oxazole rings is 1. The molecule has 1 heterocycles. The summed E-state index contributed by atoms with van der Waals surface area (Å²) in [6.07, 6.45) is 1.99. The van der Waals surface area contributed by atoms with Gasteiger partial charge >= 0.3 is 5.76 Å². The average molecular weight is 248 g/mol. The Bertz CT molecular complexity index is 625. The number of benzene rings is 1. The molecule has 5 nitrogen and oxygen atoms in total. The molecule has 0 bridgehead atoms. The monoisotopic (exact) mass is 248 g/mol. The highest BCUT2D eigenvalue weighted by molar-refractivity contribution is 5.97. The number of nitrogens with zero attached hydrogens (tertiary/aromatic N) is 1. The van der Waals surface area contributed by atoms with Gasteiger partial charge in [0.1, 0.15) is 0 Å². The molecule has 0 saturated heterocycles. The van der Waals surface area contributed by atoms with Gasteiger partial charge in [-0.05, 0) is 24.6 Å². The molecule has 0 unspecified atom stereocenters. The summed E-state index contributed by atoms with van der Waals surface area (Å²) < 4.78 is 6.45. The molecule has 2 aromatic rings. The lowest BCUT2D eigenvalue weighted by Gasteiger charge is -2.03. The quantitative estimate of drug-likeness (QED) is 0.837. The van der Waals surface area contributed by atoms with Crippen LogP contribution in [0.15, 0.2) is 27.4 Å². The van der Waals surface area contributed by atoms with Gasteiger partial charge in [0.05, 0.1) is 5.52 Å². The number of rotatable bonds is 4. The molecular formula is C13H16N2O3. The van der Waals surface area contributed by atoms with Crippen LogP contribution in [0.5, 0.6) is 0 Å². The Hall–Kier alpha value is -2.04. The van der Waals surface area contributed by atoms with Gasteiger partial charge in [0, 0.05) is 19.2 Å². The minimum Gasteiger partial charge on any atom is -0.408 e. The summed E-state index contributed by atoms with van der Waals surface area (Å²) >= 11 is 0. The van der Waals surface area contributed by atoms with Crippen LogP contribution >= 0.6 is 0 Å². The van der Waals surface area contributed by atoms with Crippen molar-refractivity contribution in [3.8, 4) is 0 Å². The molecule has 2 rings (SSSR count). The predicted octanol–water partition coefficient (Wildman–Crippen LogP) is 1.66. The summed E-state index contributed by atoms with van der Waals surface area (Å²) in [7, 11) is 1.63. The lowest BCUT2D eigenvalue weighted by molar-refractivity contribution is 0.0953. The fourth-order valence-electron chi connectivity index (χ4n) is 1.76. The van der Waals surface area contributed by atoms with E-state index in [4.69, 9.17) is 4.42 Å². The third-order valence-corrected chi connectivity index (χ3v) is 2.87. The molecule has 0 saturated carbocycles. The molecule has 0 spiro atoms. The first-order chi connectivity index (χ1) is 8.63. The number of hydrogen-bond acceptors (Lipinski definition) is 3. The number of carbonyl (C=O) groups is 1. The Morgan fingerprint density at radius 3 is 2.94 bits per heavy atom. The van der Waals surface area contributed by atoms with Crippen LogP contribution in [0.4, 0.5) is 0 Å². The van der Waals surface area contributed by atoms with E-state index in [2.05, 4.69) is 12.2 Å². The highest BCUT2D eigenvalue weighted by atomic mass is 16.4. The minimum atomic E-state index is -0.423. The van der Waals surface area contributed by atoms with Crippen molar-refractivity contribution in [2.24, 2.45) is 7.05 Å². The minimum absolute atomic E-state index is 0.142. The molecule has 1 amide bonds. The lowest BCUT2D eigenvalue weighted by Crippen LogP contribution is -2.24. The Balaban J connectivity index is 2.24. The fraction of sp³-hybridized carbons (Fsp3) is 0.385. The number of nitrogens with one attached hydrogen (secondary N) is 1. The van der Waals surface area contributed by atoms with Crippen molar-refractivity contribution in [2.45, 2.75) is 19.8 Å². The van der Waals surface area contributed by atoms with E-state index in [-0.39, 0.29) is 5.91 Å². The van der Waals surface area contributed by atoms with Crippen molar-refractivity contribution in [2.75, 3.05) is 6.54 Å². The van der Waals surface area contributed by atoms with Gasteiger partial charge in [0.15, 0.2) is 5.58 Å². The molecule has 5 heteroatoms. The zero-order chi connectivity index (χ0) is 13.1. The number of fused-ring (bicyclic) bond motifs is 1. The fourth-order valence-corrected chi connectivity index (χ4v) is 1.76. The SMILES string of the molecule is CCCCNC(=O)c1ccc2c(c1)oc(=O)n2C. The van der Waals surface area contributed by atoms with Crippen molar-refractivity contribution in [1.29, 1.82) is 0 Å². The number of hydrogen-bond donors (Lipinski definition) is 1. The van der Waals surface area contributed by atoms with Gasteiger partial charge in [-0.1, -0.05) is 13.3 Å². The van der Waals surface area contributed by atoms with E-state index in [1.807, 2.05) is 0 Å². The Kier molecular flexibility index (Phi) is 3.50. The molecule has 1 aromatic heterocycles. The molecule has 0 aliphatic heterocycles. The second-order valence-corrected chi connectivity index (χ2v) is 4.22. The summed E-state index contributed by atoms with van der Waals surface area (Å²) in [6.45, 7) is 2.73. The van der Waals surface area contributed by atoms with Crippen molar-refractivity contribution < 1.29 is 9.21 Å². The lowest BCUT2D eigenvalue weighted by atomic mass is 10.2. The molecule has 1 N–H and O–H groups in total. The summed E-state index contributed by atoms with van der Waals surface area (Å²) in [5.41, 5.74) is 1.63. The highest BCUT2D eigenvalue weighted by Gasteiger charge is 2.10. The molecule has 1 aromatic carbocycles. The first-order valence-electron chi connectivity index (χ1n) is 6.01. The average Bonchev–Trinajstić information content (AvgIpc) is 2.65. The zero-order valence-electron chi connectivity index (χ0n) is 10.5. The Morgan fingerprint density at radius 1 is 1.44 bits per heavy atom. The van der Waals surface area contributed by atoms with Crippen LogP contribution < -0.4 is 11.1 Å². The van der Waals surface area contributed by atoms with E-state index in [0.717, 1.165) is 12.8 Å². The normalized spacial score (nSPS) is 10.8. The molecule has 0 atom stereocenters. The van der Waals surface area contributed by atoms with Crippen LogP contribution in [0.25, 0.3) is 11.1 Å². The van der Waals surface area contributed by atoms with E-state index >= 15 is 0 Å². The standard InChI is InChI=1S/C13H16N2O3/c1-3-4-7-14-12(16)9-5-6-10-11(8-9)18-13(17)15(10)2/h5-6,8H,3-4,7H2,1-2H3,(H,14,16). The molecule has 0 aliphatic carbocycles. The number of carbonyl (C=O) groups excluding carboxylic acids is 1. The largest absolute Gasteiger partial charge is 0.419 e. The molecule has 0 fully saturated rings. The maximum Gasteiger partial charge on any atom is 0.419 e. The predicted molar refractivity (Wildman–Crippen MR) is 68.7 cm³/mol. The zero-order valence-corrected chi connectivity index (χ0v) is 10.5. The van der Waals surface area contributed by atoms with Crippen molar-refractivity contribution in [3.63, 3.8) is 0 Å². The van der Waals surface area contributed by atoms with Crippen molar-refractivity contribution in [3.05, 3.63) is 34.3 Å². The molecular weight excluding hydrogens is 232 g/mol. The summed E-state index contributed by atoms with van der Waals surface area (Å²) in [6, 6.07) is 5.01. The van der Waals surface area contributed by atoms with Gasteiger partial charge in [-0.3, -0.25) is 9.36 Å². The van der Waals surface area contributed by atoms with Gasteiger partial charge in [-0.2, -0.15) is 0 Å². The number of aromatic nitrogens is 1. The van der Waals surface area contributed by atoms with E-state index in [1.54, 1.807) is 25.2 Å². The van der Waals surface area contributed by atoms with Crippen molar-refractivity contribution in [1.82, 2.24) is 9.88 Å². The summed E-state index contributed by atoms with van der Waals surface area (Å²) in [5, 5.41) is 2.82. The Morgan fingerprint density at radius 2 is 2.22 bits per heavy atom. The molecule has 18 heavy (non-hydrogen) atoms. The van der Waals surface area contributed by atoms with E-state index in [0.29, 0.717) is 23.2 Å². The topological polar surface area (TPSA) is 64.2 Å². The van der Waals surface area contributed by atoms with Crippen molar-refractivity contribution >= 4 is 17.0 Å². The van der Waals surface area contributed by atoms with E-state index in [9.17, 15) is 9.59 Å². The van der Waals surface area contributed by atoms with Crippen LogP contribution in [0.3, 0.4) is 0 Å². The van der Waals surface area contributed by atoms with Gasteiger partial charge < -0.3 is 9.73 Å². The number of unbranched alkanes of at least 4 members (excludes halogenated alkanes) is 1. The van der Waals surface area contributed by atoms with Gasteiger partial charge in [-0.25, -0.2) is 4.79 Å². The number of aryl methyl sites for hydroxylation is 1. The summed E-state index contributed by atoms with van der Waals surface area (Å²) in [5.74, 6) is -0.564. The molecule has 0 aliphatic rings. The second kappa shape index (κ2) is 5.08. The second-order valence-electron chi connectivity index (χ2n) is 4.22. The molecule has 0 radical (unpaired) electrons. The van der Waals surface area contributed by atoms with Crippen LogP contribution in [0, 0.1) is 0 Å². The molecule has 96 valence electrons. The van der Waals surface area contributed by atoms with Crippen LogP contribution in [0.1, 0.15) is 30.1 Å². The maximum absolute atomic E-state index is 11.8. The highest BCUT2D eigenvalue weighted by Crippen LogP contribution is 2.14. The third-order valence-electron chi connectivity index (χ3n) is 2.87.